The Morgan fingerprint density at radius 2 is 2.20 bits per heavy atom. The van der Waals surface area contributed by atoms with Gasteiger partial charge >= 0.3 is 5.97 Å². The van der Waals surface area contributed by atoms with Crippen molar-refractivity contribution >= 4 is 29.3 Å². The van der Waals surface area contributed by atoms with E-state index in [2.05, 4.69) is 0 Å². The number of carbonyl (C=O) groups excluding carboxylic acids is 1. The molecule has 1 fully saturated rings. The average molecular weight is 245 g/mol. The van der Waals surface area contributed by atoms with Crippen LogP contribution in [-0.4, -0.2) is 23.8 Å². The molecule has 1 aliphatic rings. The van der Waals surface area contributed by atoms with Crippen molar-refractivity contribution in [2.75, 3.05) is 12.4 Å². The Morgan fingerprint density at radius 1 is 1.47 bits per heavy atom. The highest BCUT2D eigenvalue weighted by molar-refractivity contribution is 8.00. The van der Waals surface area contributed by atoms with E-state index in [0.29, 0.717) is 17.4 Å². The second-order valence-electron chi connectivity index (χ2n) is 3.00. The largest absolute Gasteiger partial charge is 0.489 e. The fourth-order valence-corrected chi connectivity index (χ4v) is 2.01. The SMILES string of the molecule is O=C1CSC(COc2ccc(Cl)cc2)O1. The Labute approximate surface area is 96.7 Å². The van der Waals surface area contributed by atoms with Gasteiger partial charge in [0.2, 0.25) is 0 Å². The van der Waals surface area contributed by atoms with Crippen LogP contribution in [0.1, 0.15) is 0 Å². The van der Waals surface area contributed by atoms with E-state index < -0.39 is 0 Å². The lowest BCUT2D eigenvalue weighted by Crippen LogP contribution is -2.14. The van der Waals surface area contributed by atoms with Crippen LogP contribution in [0.5, 0.6) is 5.75 Å². The van der Waals surface area contributed by atoms with Gasteiger partial charge in [-0.3, -0.25) is 4.79 Å². The zero-order valence-electron chi connectivity index (χ0n) is 7.81. The first-order chi connectivity index (χ1) is 7.24. The minimum Gasteiger partial charge on any atom is -0.489 e. The maximum atomic E-state index is 10.8. The van der Waals surface area contributed by atoms with Gasteiger partial charge in [-0.05, 0) is 24.3 Å². The highest BCUT2D eigenvalue weighted by atomic mass is 35.5. The third-order valence-electron chi connectivity index (χ3n) is 1.85. The minimum atomic E-state index is -0.187. The summed E-state index contributed by atoms with van der Waals surface area (Å²) in [6.45, 7) is 0.373. The summed E-state index contributed by atoms with van der Waals surface area (Å²) >= 11 is 7.18. The molecule has 0 aromatic heterocycles. The first-order valence-electron chi connectivity index (χ1n) is 4.43. The van der Waals surface area contributed by atoms with E-state index in [0.717, 1.165) is 5.75 Å². The monoisotopic (exact) mass is 244 g/mol. The van der Waals surface area contributed by atoms with Crippen molar-refractivity contribution < 1.29 is 14.3 Å². The van der Waals surface area contributed by atoms with Crippen molar-refractivity contribution in [3.05, 3.63) is 29.3 Å². The van der Waals surface area contributed by atoms with Crippen LogP contribution in [0.2, 0.25) is 5.02 Å². The van der Waals surface area contributed by atoms with Gasteiger partial charge in [-0.2, -0.15) is 0 Å². The van der Waals surface area contributed by atoms with Gasteiger partial charge in [0, 0.05) is 5.02 Å². The van der Waals surface area contributed by atoms with E-state index in [1.54, 1.807) is 24.3 Å². The lowest BCUT2D eigenvalue weighted by Gasteiger charge is -2.10. The number of carbonyl (C=O) groups is 1. The number of rotatable bonds is 3. The quantitative estimate of drug-likeness (QED) is 0.765. The molecule has 0 N–H and O–H groups in total. The standard InChI is InChI=1S/C10H9ClO3S/c11-7-1-3-8(4-2-7)13-5-10-14-9(12)6-15-10/h1-4,10H,5-6H2. The van der Waals surface area contributed by atoms with Gasteiger partial charge in [0.15, 0.2) is 5.44 Å². The lowest BCUT2D eigenvalue weighted by molar-refractivity contribution is -0.140. The van der Waals surface area contributed by atoms with E-state index in [1.807, 2.05) is 0 Å². The molecule has 1 heterocycles. The van der Waals surface area contributed by atoms with Crippen molar-refractivity contribution in [1.82, 2.24) is 0 Å². The Hall–Kier alpha value is -0.870. The number of benzene rings is 1. The van der Waals surface area contributed by atoms with Crippen LogP contribution < -0.4 is 4.74 Å². The first kappa shape index (κ1) is 10.6. The molecule has 1 atom stereocenters. The lowest BCUT2D eigenvalue weighted by atomic mass is 10.3. The van der Waals surface area contributed by atoms with Crippen LogP contribution in [-0.2, 0) is 9.53 Å². The van der Waals surface area contributed by atoms with Gasteiger partial charge in [-0.25, -0.2) is 0 Å². The number of ether oxygens (including phenoxy) is 2. The van der Waals surface area contributed by atoms with E-state index >= 15 is 0 Å². The predicted molar refractivity (Wildman–Crippen MR) is 59.3 cm³/mol. The molecule has 5 heteroatoms. The van der Waals surface area contributed by atoms with Crippen LogP contribution >= 0.6 is 23.4 Å². The molecule has 1 aromatic rings. The van der Waals surface area contributed by atoms with Crippen LogP contribution in [0.15, 0.2) is 24.3 Å². The molecule has 0 spiro atoms. The van der Waals surface area contributed by atoms with Gasteiger partial charge in [-0.1, -0.05) is 11.6 Å². The number of thioether (sulfide) groups is 1. The Balaban J connectivity index is 1.83. The van der Waals surface area contributed by atoms with Crippen LogP contribution in [0.25, 0.3) is 0 Å². The molecule has 1 saturated heterocycles. The molecule has 0 bridgehead atoms. The summed E-state index contributed by atoms with van der Waals surface area (Å²) in [6, 6.07) is 7.07. The van der Waals surface area contributed by atoms with Crippen LogP contribution in [0, 0.1) is 0 Å². The third-order valence-corrected chi connectivity index (χ3v) is 3.11. The molecule has 0 radical (unpaired) electrons. The molecule has 2 rings (SSSR count). The Kier molecular flexibility index (Phi) is 3.38. The summed E-state index contributed by atoms with van der Waals surface area (Å²) in [5.74, 6) is 0.960. The molecule has 0 aliphatic carbocycles. The summed E-state index contributed by atoms with van der Waals surface area (Å²) < 4.78 is 10.4. The maximum absolute atomic E-state index is 10.8. The van der Waals surface area contributed by atoms with Gasteiger partial charge in [-0.15, -0.1) is 11.8 Å². The maximum Gasteiger partial charge on any atom is 0.317 e. The van der Waals surface area contributed by atoms with E-state index in [4.69, 9.17) is 21.1 Å². The van der Waals surface area contributed by atoms with Gasteiger partial charge < -0.3 is 9.47 Å². The number of hydrogen-bond donors (Lipinski definition) is 0. The molecule has 15 heavy (non-hydrogen) atoms. The van der Waals surface area contributed by atoms with Crippen molar-refractivity contribution in [2.45, 2.75) is 5.44 Å². The normalized spacial score (nSPS) is 20.1. The molecule has 3 nitrogen and oxygen atoms in total. The minimum absolute atomic E-state index is 0.176. The molecular weight excluding hydrogens is 236 g/mol. The summed E-state index contributed by atoms with van der Waals surface area (Å²) in [5, 5.41) is 0.670. The van der Waals surface area contributed by atoms with Crippen LogP contribution in [0.3, 0.4) is 0 Å². The molecule has 1 aromatic carbocycles. The Bertz CT molecular complexity index is 352. The predicted octanol–water partition coefficient (Wildman–Crippen LogP) is 2.33. The van der Waals surface area contributed by atoms with E-state index in [-0.39, 0.29) is 11.4 Å². The van der Waals surface area contributed by atoms with E-state index in [1.165, 1.54) is 11.8 Å². The summed E-state index contributed by atoms with van der Waals surface area (Å²) in [7, 11) is 0. The molecule has 1 aliphatic heterocycles. The topological polar surface area (TPSA) is 35.5 Å². The van der Waals surface area contributed by atoms with E-state index in [9.17, 15) is 4.79 Å². The fraction of sp³-hybridized carbons (Fsp3) is 0.300. The zero-order chi connectivity index (χ0) is 10.7. The summed E-state index contributed by atoms with van der Waals surface area (Å²) in [4.78, 5) is 10.8. The summed E-state index contributed by atoms with van der Waals surface area (Å²) in [6.07, 6.45) is 0. The summed E-state index contributed by atoms with van der Waals surface area (Å²) in [5.41, 5.74) is -0.187. The number of hydrogen-bond acceptors (Lipinski definition) is 4. The van der Waals surface area contributed by atoms with Crippen molar-refractivity contribution in [1.29, 1.82) is 0 Å². The highest BCUT2D eigenvalue weighted by Gasteiger charge is 2.24. The Morgan fingerprint density at radius 3 is 2.80 bits per heavy atom. The second kappa shape index (κ2) is 4.77. The molecule has 80 valence electrons. The van der Waals surface area contributed by atoms with Gasteiger partial charge in [0.05, 0.1) is 5.75 Å². The van der Waals surface area contributed by atoms with Crippen molar-refractivity contribution in [3.8, 4) is 5.75 Å². The molecule has 1 unspecified atom stereocenters. The zero-order valence-corrected chi connectivity index (χ0v) is 9.38. The van der Waals surface area contributed by atoms with Gasteiger partial charge in [0.25, 0.3) is 0 Å². The smallest absolute Gasteiger partial charge is 0.317 e. The number of cyclic esters (lactones) is 1. The fourth-order valence-electron chi connectivity index (χ4n) is 1.15. The second-order valence-corrected chi connectivity index (χ2v) is 4.58. The third kappa shape index (κ3) is 3.04. The molecule has 0 amide bonds. The van der Waals surface area contributed by atoms with Crippen molar-refractivity contribution in [2.24, 2.45) is 0 Å². The number of halogens is 1. The van der Waals surface area contributed by atoms with Crippen LogP contribution in [0.4, 0.5) is 0 Å². The highest BCUT2D eigenvalue weighted by Crippen LogP contribution is 2.22. The first-order valence-corrected chi connectivity index (χ1v) is 5.86. The number of esters is 1. The van der Waals surface area contributed by atoms with Gasteiger partial charge in [0.1, 0.15) is 12.4 Å². The molecule has 0 saturated carbocycles. The van der Waals surface area contributed by atoms with Crippen molar-refractivity contribution in [3.63, 3.8) is 0 Å². The average Bonchev–Trinajstić information content (AvgIpc) is 2.64. The molecular formula is C10H9ClO3S.